The zero-order valence-corrected chi connectivity index (χ0v) is 22.5. The lowest BCUT2D eigenvalue weighted by Crippen LogP contribution is -2.55. The van der Waals surface area contributed by atoms with Gasteiger partial charge in [-0.3, -0.25) is 0 Å². The van der Waals surface area contributed by atoms with E-state index in [0.29, 0.717) is 23.6 Å². The molecule has 1 saturated heterocycles. The van der Waals surface area contributed by atoms with Crippen LogP contribution >= 0.6 is 11.6 Å². The highest BCUT2D eigenvalue weighted by molar-refractivity contribution is 6.28. The zero-order chi connectivity index (χ0) is 29.1. The Bertz CT molecular complexity index is 1470. The molecular weight excluding hydrogens is 564 g/mol. The van der Waals surface area contributed by atoms with E-state index in [2.05, 4.69) is 16.0 Å². The van der Waals surface area contributed by atoms with Crippen molar-refractivity contribution in [3.8, 4) is 6.07 Å². The summed E-state index contributed by atoms with van der Waals surface area (Å²) in [4.78, 5) is 26.5. The monoisotopic (exact) mass is 588 g/mol. The van der Waals surface area contributed by atoms with Crippen LogP contribution in [-0.2, 0) is 30.5 Å². The third kappa shape index (κ3) is 6.15. The third-order valence-electron chi connectivity index (χ3n) is 7.18. The molecule has 5 rings (SSSR count). The molecule has 1 aromatic heterocycles. The summed E-state index contributed by atoms with van der Waals surface area (Å²) in [5.74, 6) is -0.832. The highest BCUT2D eigenvalue weighted by Crippen LogP contribution is 2.40. The van der Waals surface area contributed by atoms with Crippen molar-refractivity contribution in [3.63, 3.8) is 0 Å². The van der Waals surface area contributed by atoms with Crippen molar-refractivity contribution in [1.29, 1.82) is 5.26 Å². The van der Waals surface area contributed by atoms with Gasteiger partial charge in [0.1, 0.15) is 23.8 Å². The van der Waals surface area contributed by atoms with E-state index in [-0.39, 0.29) is 56.6 Å². The second kappa shape index (κ2) is 11.8. The van der Waals surface area contributed by atoms with Crippen LogP contribution in [0.2, 0.25) is 5.28 Å². The van der Waals surface area contributed by atoms with Crippen LogP contribution in [0.4, 0.5) is 33.9 Å². The number of piperazine rings is 1. The minimum Gasteiger partial charge on any atom is -0.445 e. The summed E-state index contributed by atoms with van der Waals surface area (Å²) < 4.78 is 60.7. The maximum atomic E-state index is 14.2. The summed E-state index contributed by atoms with van der Waals surface area (Å²) in [6.07, 6.45) is -5.04. The number of amides is 1. The molecule has 41 heavy (non-hydrogen) atoms. The molecule has 2 aliphatic rings. The highest BCUT2D eigenvalue weighted by atomic mass is 35.5. The van der Waals surface area contributed by atoms with Gasteiger partial charge in [-0.05, 0) is 35.7 Å². The Morgan fingerprint density at radius 3 is 2.59 bits per heavy atom. The van der Waals surface area contributed by atoms with Gasteiger partial charge < -0.3 is 19.4 Å². The molecule has 13 heteroatoms. The number of ether oxygens (including phenoxy) is 1. The minimum absolute atomic E-state index is 0.0233. The number of anilines is 2. The Balaban J connectivity index is 1.35. The molecule has 1 fully saturated rings. The van der Waals surface area contributed by atoms with E-state index in [0.717, 1.165) is 11.6 Å². The number of halogens is 5. The molecule has 0 radical (unpaired) electrons. The molecular formula is C28H25ClF4N6O2. The Kier molecular flexibility index (Phi) is 8.17. The summed E-state index contributed by atoms with van der Waals surface area (Å²) in [6.45, 7) is 1.16. The number of nitrogens with zero attached hydrogens (tertiary/aromatic N) is 6. The summed E-state index contributed by atoms with van der Waals surface area (Å²) in [5, 5.41) is 9.36. The Labute approximate surface area is 238 Å². The second-order valence-corrected chi connectivity index (χ2v) is 10.1. The number of fused-ring (bicyclic) bond motifs is 1. The topological polar surface area (TPSA) is 85.6 Å². The van der Waals surface area contributed by atoms with Crippen LogP contribution in [0.25, 0.3) is 0 Å². The molecule has 0 spiro atoms. The van der Waals surface area contributed by atoms with Crippen LogP contribution in [0.5, 0.6) is 0 Å². The van der Waals surface area contributed by atoms with E-state index in [1.54, 1.807) is 0 Å². The van der Waals surface area contributed by atoms with Crippen LogP contribution in [0.3, 0.4) is 0 Å². The quantitative estimate of drug-likeness (QED) is 0.284. The summed E-state index contributed by atoms with van der Waals surface area (Å²) in [6, 6.07) is 14.2. The number of rotatable bonds is 5. The molecule has 0 saturated carbocycles. The number of nitriles is 1. The fraction of sp³-hybridized carbons (Fsp3) is 0.357. The van der Waals surface area contributed by atoms with Crippen molar-refractivity contribution in [2.24, 2.45) is 0 Å². The first kappa shape index (κ1) is 28.4. The largest absolute Gasteiger partial charge is 0.445 e. The van der Waals surface area contributed by atoms with E-state index in [1.807, 2.05) is 35.2 Å². The molecule has 2 aromatic carbocycles. The fourth-order valence-electron chi connectivity index (χ4n) is 5.28. The van der Waals surface area contributed by atoms with Gasteiger partial charge in [-0.25, -0.2) is 19.2 Å². The number of carbonyl (C=O) groups is 1. The maximum Gasteiger partial charge on any atom is 0.421 e. The molecule has 214 valence electrons. The first-order chi connectivity index (χ1) is 19.7. The van der Waals surface area contributed by atoms with E-state index >= 15 is 0 Å². The summed E-state index contributed by atoms with van der Waals surface area (Å²) in [5.41, 5.74) is 0.402. The molecule has 0 unspecified atom stereocenters. The molecule has 2 aliphatic heterocycles. The average molecular weight is 589 g/mol. The second-order valence-electron chi connectivity index (χ2n) is 9.74. The summed E-state index contributed by atoms with van der Waals surface area (Å²) in [7, 11) is 0. The molecule has 0 N–H and O–H groups in total. The highest BCUT2D eigenvalue weighted by Gasteiger charge is 2.39. The van der Waals surface area contributed by atoms with Crippen molar-refractivity contribution < 1.29 is 27.1 Å². The Morgan fingerprint density at radius 2 is 1.85 bits per heavy atom. The van der Waals surface area contributed by atoms with Gasteiger partial charge in [0.15, 0.2) is 0 Å². The smallest absolute Gasteiger partial charge is 0.421 e. The van der Waals surface area contributed by atoms with E-state index < -0.39 is 29.7 Å². The third-order valence-corrected chi connectivity index (χ3v) is 7.35. The Hall–Kier alpha value is -4.11. The van der Waals surface area contributed by atoms with Crippen LogP contribution < -0.4 is 9.80 Å². The van der Waals surface area contributed by atoms with Gasteiger partial charge in [0.2, 0.25) is 5.28 Å². The Morgan fingerprint density at radius 1 is 1.07 bits per heavy atom. The van der Waals surface area contributed by atoms with Gasteiger partial charge in [0.25, 0.3) is 0 Å². The van der Waals surface area contributed by atoms with Gasteiger partial charge in [-0.1, -0.05) is 36.4 Å². The first-order valence-electron chi connectivity index (χ1n) is 12.9. The van der Waals surface area contributed by atoms with Crippen molar-refractivity contribution in [2.45, 2.75) is 38.2 Å². The molecule has 1 atom stereocenters. The minimum atomic E-state index is -4.87. The maximum absolute atomic E-state index is 14.2. The van der Waals surface area contributed by atoms with Gasteiger partial charge >= 0.3 is 12.3 Å². The molecule has 1 amide bonds. The number of hydrogen-bond acceptors (Lipinski definition) is 7. The predicted molar refractivity (Wildman–Crippen MR) is 143 cm³/mol. The fourth-order valence-corrected chi connectivity index (χ4v) is 5.46. The predicted octanol–water partition coefficient (Wildman–Crippen LogP) is 5.59. The van der Waals surface area contributed by atoms with Gasteiger partial charge in [0, 0.05) is 31.7 Å². The lowest BCUT2D eigenvalue weighted by Gasteiger charge is -2.42. The molecule has 0 bridgehead atoms. The lowest BCUT2D eigenvalue weighted by molar-refractivity contribution is -0.139. The number of alkyl halides is 3. The van der Waals surface area contributed by atoms with Crippen LogP contribution in [-0.4, -0.2) is 53.2 Å². The molecule has 0 aliphatic carbocycles. The van der Waals surface area contributed by atoms with Crippen LogP contribution in [0, 0.1) is 17.1 Å². The number of aromatic nitrogens is 2. The SMILES string of the molecule is N#CC[C@H]1CN(c2nc(Cl)nc3c2CCN(c2cccc(F)c2C(F)(F)F)C3)CCN1C(=O)OCc1ccccc1. The zero-order valence-electron chi connectivity index (χ0n) is 21.7. The van der Waals surface area contributed by atoms with E-state index in [9.17, 15) is 27.6 Å². The van der Waals surface area contributed by atoms with Crippen molar-refractivity contribution in [2.75, 3.05) is 36.0 Å². The first-order valence-corrected chi connectivity index (χ1v) is 13.3. The van der Waals surface area contributed by atoms with Gasteiger partial charge in [-0.2, -0.15) is 18.4 Å². The normalized spacial score (nSPS) is 17.2. The van der Waals surface area contributed by atoms with E-state index in [1.165, 1.54) is 21.9 Å². The molecule has 3 heterocycles. The van der Waals surface area contributed by atoms with Crippen molar-refractivity contribution >= 4 is 29.2 Å². The van der Waals surface area contributed by atoms with Crippen molar-refractivity contribution in [3.05, 3.63) is 82.0 Å². The average Bonchev–Trinajstić information content (AvgIpc) is 2.95. The molecule has 8 nitrogen and oxygen atoms in total. The number of benzene rings is 2. The number of carbonyl (C=O) groups excluding carboxylic acids is 1. The standard InChI is InChI=1S/C28H25ClF4N6O2/c29-26-35-22-16-37(23-8-4-7-21(30)24(23)28(31,32)33)12-10-20(22)25(36-26)38-13-14-39(19(15-38)9-11-34)27(40)41-17-18-5-2-1-3-6-18/h1-8,19H,9-10,12-17H2/t19-/m0/s1. The lowest BCUT2D eigenvalue weighted by atomic mass is 10.0. The van der Waals surface area contributed by atoms with Gasteiger partial charge in [-0.15, -0.1) is 0 Å². The van der Waals surface area contributed by atoms with Crippen LogP contribution in [0.1, 0.15) is 28.8 Å². The van der Waals surface area contributed by atoms with Gasteiger partial charge in [0.05, 0.1) is 36.5 Å². The molecule has 3 aromatic rings. The van der Waals surface area contributed by atoms with Crippen molar-refractivity contribution in [1.82, 2.24) is 14.9 Å². The van der Waals surface area contributed by atoms with Crippen LogP contribution in [0.15, 0.2) is 48.5 Å². The summed E-state index contributed by atoms with van der Waals surface area (Å²) >= 11 is 6.26. The van der Waals surface area contributed by atoms with E-state index in [4.69, 9.17) is 16.3 Å². The number of hydrogen-bond donors (Lipinski definition) is 0.